The fourth-order valence-electron chi connectivity index (χ4n) is 2.65. The lowest BCUT2D eigenvalue weighted by Gasteiger charge is -2.11. The Balaban J connectivity index is 1.72. The molecule has 1 N–H and O–H groups in total. The van der Waals surface area contributed by atoms with Crippen LogP contribution in [0.5, 0.6) is 0 Å². The van der Waals surface area contributed by atoms with Gasteiger partial charge in [-0.1, -0.05) is 36.4 Å². The number of halogens is 1. The largest absolute Gasteiger partial charge is 0.452 e. The van der Waals surface area contributed by atoms with Crippen LogP contribution in [0.1, 0.15) is 15.9 Å². The van der Waals surface area contributed by atoms with Gasteiger partial charge in [0.1, 0.15) is 5.82 Å². The number of anilines is 1. The van der Waals surface area contributed by atoms with Gasteiger partial charge in [0.05, 0.1) is 17.2 Å². The minimum Gasteiger partial charge on any atom is -0.452 e. The lowest BCUT2D eigenvalue weighted by molar-refractivity contribution is -0.119. The Morgan fingerprint density at radius 2 is 1.57 bits per heavy atom. The summed E-state index contributed by atoms with van der Waals surface area (Å²) in [6.45, 7) is -0.496. The monoisotopic (exact) mass is 374 g/mol. The third-order valence-corrected chi connectivity index (χ3v) is 3.95. The molecule has 3 aromatic carbocycles. The molecular weight excluding hydrogens is 359 g/mol. The first kappa shape index (κ1) is 18.8. The lowest BCUT2D eigenvalue weighted by atomic mass is 9.96. The number of amides is 1. The second-order valence-electron chi connectivity index (χ2n) is 5.83. The number of carbonyl (C=O) groups excluding carboxylic acids is 2. The van der Waals surface area contributed by atoms with Crippen LogP contribution in [0.15, 0.2) is 72.8 Å². The zero-order valence-corrected chi connectivity index (χ0v) is 14.7. The summed E-state index contributed by atoms with van der Waals surface area (Å²) in [7, 11) is 0. The van der Waals surface area contributed by atoms with Crippen molar-refractivity contribution in [1.82, 2.24) is 0 Å². The predicted octanol–water partition coefficient (Wildman–Crippen LogP) is 4.16. The molecule has 0 spiro atoms. The van der Waals surface area contributed by atoms with Gasteiger partial charge in [-0.05, 0) is 42.0 Å². The van der Waals surface area contributed by atoms with E-state index in [1.165, 1.54) is 24.3 Å². The molecule has 6 heteroatoms. The molecule has 0 bridgehead atoms. The molecule has 0 aliphatic carbocycles. The summed E-state index contributed by atoms with van der Waals surface area (Å²) in [5.74, 6) is -1.65. The summed E-state index contributed by atoms with van der Waals surface area (Å²) in [6, 6.07) is 21.0. The van der Waals surface area contributed by atoms with Crippen LogP contribution in [-0.2, 0) is 9.53 Å². The summed E-state index contributed by atoms with van der Waals surface area (Å²) >= 11 is 0. The van der Waals surface area contributed by atoms with Crippen LogP contribution in [0.25, 0.3) is 11.1 Å². The highest BCUT2D eigenvalue weighted by molar-refractivity contribution is 6.00. The van der Waals surface area contributed by atoms with Crippen LogP contribution in [0.3, 0.4) is 0 Å². The van der Waals surface area contributed by atoms with E-state index in [0.29, 0.717) is 22.4 Å². The Kier molecular flexibility index (Phi) is 5.78. The minimum absolute atomic E-state index is 0.250. The topological polar surface area (TPSA) is 79.2 Å². The van der Waals surface area contributed by atoms with Crippen LogP contribution >= 0.6 is 0 Å². The van der Waals surface area contributed by atoms with Gasteiger partial charge >= 0.3 is 5.97 Å². The van der Waals surface area contributed by atoms with E-state index >= 15 is 0 Å². The molecule has 0 atom stereocenters. The van der Waals surface area contributed by atoms with Crippen molar-refractivity contribution in [2.24, 2.45) is 0 Å². The molecule has 138 valence electrons. The molecule has 5 nitrogen and oxygen atoms in total. The highest BCUT2D eigenvalue weighted by Gasteiger charge is 2.17. The van der Waals surface area contributed by atoms with Crippen molar-refractivity contribution in [2.45, 2.75) is 0 Å². The first-order chi connectivity index (χ1) is 13.6. The van der Waals surface area contributed by atoms with Crippen molar-refractivity contribution < 1.29 is 18.7 Å². The molecule has 0 fully saturated rings. The Labute approximate surface area is 161 Å². The van der Waals surface area contributed by atoms with Crippen molar-refractivity contribution in [3.05, 3.63) is 89.7 Å². The lowest BCUT2D eigenvalue weighted by Crippen LogP contribution is -2.21. The van der Waals surface area contributed by atoms with E-state index in [1.54, 1.807) is 48.5 Å². The summed E-state index contributed by atoms with van der Waals surface area (Å²) in [4.78, 5) is 24.5. The Bertz CT molecular complexity index is 1060. The zero-order valence-electron chi connectivity index (χ0n) is 14.7. The molecule has 0 saturated carbocycles. The Hall–Kier alpha value is -3.98. The summed E-state index contributed by atoms with van der Waals surface area (Å²) in [6.07, 6.45) is 0. The molecule has 0 saturated heterocycles. The third kappa shape index (κ3) is 4.40. The molecule has 0 aliphatic rings. The van der Waals surface area contributed by atoms with E-state index in [2.05, 4.69) is 11.4 Å². The number of hydrogen-bond acceptors (Lipinski definition) is 4. The second-order valence-corrected chi connectivity index (χ2v) is 5.83. The first-order valence-corrected chi connectivity index (χ1v) is 8.39. The average Bonchev–Trinajstić information content (AvgIpc) is 2.73. The van der Waals surface area contributed by atoms with Crippen molar-refractivity contribution in [3.8, 4) is 17.2 Å². The molecule has 0 heterocycles. The van der Waals surface area contributed by atoms with Crippen LogP contribution in [-0.4, -0.2) is 18.5 Å². The molecule has 0 unspecified atom stereocenters. The number of esters is 1. The third-order valence-electron chi connectivity index (χ3n) is 3.95. The van der Waals surface area contributed by atoms with E-state index in [0.717, 1.165) is 0 Å². The highest BCUT2D eigenvalue weighted by Crippen LogP contribution is 2.27. The minimum atomic E-state index is -0.683. The van der Waals surface area contributed by atoms with Gasteiger partial charge in [0.15, 0.2) is 6.61 Å². The van der Waals surface area contributed by atoms with Crippen molar-refractivity contribution in [2.75, 3.05) is 11.9 Å². The number of rotatable bonds is 5. The molecule has 28 heavy (non-hydrogen) atoms. The molecule has 3 aromatic rings. The number of hydrogen-bond donors (Lipinski definition) is 1. The van der Waals surface area contributed by atoms with Crippen LogP contribution in [0.2, 0.25) is 0 Å². The van der Waals surface area contributed by atoms with Crippen LogP contribution in [0.4, 0.5) is 10.1 Å². The molecule has 0 aliphatic heterocycles. The second kappa shape index (κ2) is 8.60. The summed E-state index contributed by atoms with van der Waals surface area (Å²) < 4.78 is 18.0. The number of carbonyl (C=O) groups is 2. The SMILES string of the molecule is N#Cc1ccccc1-c1ccccc1C(=O)OCC(=O)Nc1ccc(F)cc1. The summed E-state index contributed by atoms with van der Waals surface area (Å²) in [5, 5.41) is 11.8. The van der Waals surface area contributed by atoms with Crippen molar-refractivity contribution >= 4 is 17.6 Å². The maximum absolute atomic E-state index is 12.9. The standard InChI is InChI=1S/C22H15FN2O3/c23-16-9-11-17(12-10-16)25-21(26)14-28-22(27)20-8-4-3-7-19(20)18-6-2-1-5-15(18)13-24/h1-12H,14H2,(H,25,26). The molecular formula is C22H15FN2O3. The van der Waals surface area contributed by atoms with E-state index < -0.39 is 24.3 Å². The smallest absolute Gasteiger partial charge is 0.339 e. The van der Waals surface area contributed by atoms with Crippen molar-refractivity contribution in [1.29, 1.82) is 5.26 Å². The molecule has 0 aromatic heterocycles. The van der Waals surface area contributed by atoms with E-state index in [9.17, 15) is 19.2 Å². The van der Waals surface area contributed by atoms with E-state index in [4.69, 9.17) is 4.74 Å². The number of benzene rings is 3. The normalized spacial score (nSPS) is 10.0. The van der Waals surface area contributed by atoms with Gasteiger partial charge < -0.3 is 10.1 Å². The maximum atomic E-state index is 12.9. The van der Waals surface area contributed by atoms with Gasteiger partial charge in [-0.15, -0.1) is 0 Å². The van der Waals surface area contributed by atoms with E-state index in [1.807, 2.05) is 0 Å². The number of nitrogens with zero attached hydrogens (tertiary/aromatic N) is 1. The first-order valence-electron chi connectivity index (χ1n) is 8.39. The van der Waals surface area contributed by atoms with Crippen molar-refractivity contribution in [3.63, 3.8) is 0 Å². The Morgan fingerprint density at radius 1 is 0.929 bits per heavy atom. The van der Waals surface area contributed by atoms with Gasteiger partial charge in [0.2, 0.25) is 0 Å². The zero-order chi connectivity index (χ0) is 19.9. The fourth-order valence-corrected chi connectivity index (χ4v) is 2.65. The van der Waals surface area contributed by atoms with Crippen LogP contribution < -0.4 is 5.32 Å². The highest BCUT2D eigenvalue weighted by atomic mass is 19.1. The molecule has 3 rings (SSSR count). The van der Waals surface area contributed by atoms with Gasteiger partial charge in [-0.3, -0.25) is 4.79 Å². The maximum Gasteiger partial charge on any atom is 0.339 e. The van der Waals surface area contributed by atoms with Gasteiger partial charge in [0, 0.05) is 11.3 Å². The average molecular weight is 374 g/mol. The predicted molar refractivity (Wildman–Crippen MR) is 102 cm³/mol. The molecule has 0 radical (unpaired) electrons. The van der Waals surface area contributed by atoms with Crippen LogP contribution in [0, 0.1) is 17.1 Å². The fraction of sp³-hybridized carbons (Fsp3) is 0.0455. The van der Waals surface area contributed by atoms with Gasteiger partial charge in [-0.25, -0.2) is 9.18 Å². The van der Waals surface area contributed by atoms with Gasteiger partial charge in [-0.2, -0.15) is 5.26 Å². The Morgan fingerprint density at radius 3 is 2.29 bits per heavy atom. The number of ether oxygens (including phenoxy) is 1. The quantitative estimate of drug-likeness (QED) is 0.680. The van der Waals surface area contributed by atoms with E-state index in [-0.39, 0.29) is 5.56 Å². The summed E-state index contributed by atoms with van der Waals surface area (Å²) in [5.41, 5.74) is 2.22. The molecule has 1 amide bonds. The van der Waals surface area contributed by atoms with Gasteiger partial charge in [0.25, 0.3) is 5.91 Å². The number of nitrogens with one attached hydrogen (secondary N) is 1. The number of nitriles is 1.